The Kier molecular flexibility index (Phi) is 6.20. The summed E-state index contributed by atoms with van der Waals surface area (Å²) in [5, 5.41) is 9.17. The lowest BCUT2D eigenvalue weighted by atomic mass is 9.78. The Bertz CT molecular complexity index is 544. The summed E-state index contributed by atoms with van der Waals surface area (Å²) < 4.78 is 5.56. The molecule has 0 unspecified atom stereocenters. The second-order valence-corrected chi connectivity index (χ2v) is 6.53. The van der Waals surface area contributed by atoms with Crippen LogP contribution in [0.3, 0.4) is 0 Å². The zero-order chi connectivity index (χ0) is 16.8. The molecule has 1 aliphatic rings. The molecule has 0 bridgehead atoms. The molecule has 1 aromatic carbocycles. The first-order chi connectivity index (χ1) is 11.0. The average Bonchev–Trinajstić information content (AvgIpc) is 2.55. The van der Waals surface area contributed by atoms with E-state index in [1.54, 1.807) is 12.1 Å². The van der Waals surface area contributed by atoms with E-state index in [1.807, 2.05) is 6.92 Å². The third kappa shape index (κ3) is 4.57. The van der Waals surface area contributed by atoms with Gasteiger partial charge in [-0.3, -0.25) is 0 Å². The van der Waals surface area contributed by atoms with E-state index in [1.165, 1.54) is 37.8 Å². The number of carboxylic acid groups (broad SMARTS) is 1. The van der Waals surface area contributed by atoms with Crippen LogP contribution in [0.1, 0.15) is 73.1 Å². The Morgan fingerprint density at radius 1 is 1.17 bits per heavy atom. The minimum absolute atomic E-state index is 0.00338. The Hall–Kier alpha value is -1.84. The molecule has 1 fully saturated rings. The minimum atomic E-state index is -1.11. The van der Waals surface area contributed by atoms with Crippen molar-refractivity contribution in [2.75, 3.05) is 0 Å². The van der Waals surface area contributed by atoms with Gasteiger partial charge >= 0.3 is 11.9 Å². The molecule has 1 atom stereocenters. The van der Waals surface area contributed by atoms with Crippen molar-refractivity contribution >= 4 is 11.9 Å². The number of carbonyl (C=O) groups excluding carboxylic acids is 1. The summed E-state index contributed by atoms with van der Waals surface area (Å²) in [6.45, 7) is 4.14. The first kappa shape index (κ1) is 17.5. The summed E-state index contributed by atoms with van der Waals surface area (Å²) in [5.74, 6) is -0.451. The van der Waals surface area contributed by atoms with Gasteiger partial charge in [0.2, 0.25) is 0 Å². The topological polar surface area (TPSA) is 63.6 Å². The number of hydrogen-bond donors (Lipinski definition) is 1. The number of carboxylic acids is 1. The van der Waals surface area contributed by atoms with Crippen molar-refractivity contribution in [1.29, 1.82) is 0 Å². The van der Waals surface area contributed by atoms with Crippen LogP contribution in [-0.2, 0) is 4.74 Å². The SMILES string of the molecule is CCCC1CCC([C@H](C)OC(=O)c2ccccc2C(=O)O)CC1. The van der Waals surface area contributed by atoms with Gasteiger partial charge in [-0.2, -0.15) is 0 Å². The van der Waals surface area contributed by atoms with Crippen molar-refractivity contribution in [3.63, 3.8) is 0 Å². The zero-order valence-electron chi connectivity index (χ0n) is 14.0. The van der Waals surface area contributed by atoms with Crippen LogP contribution in [0, 0.1) is 11.8 Å². The molecule has 0 aromatic heterocycles. The van der Waals surface area contributed by atoms with Crippen LogP contribution < -0.4 is 0 Å². The van der Waals surface area contributed by atoms with E-state index in [0.717, 1.165) is 18.8 Å². The maximum atomic E-state index is 12.3. The van der Waals surface area contributed by atoms with Gasteiger partial charge in [0.25, 0.3) is 0 Å². The van der Waals surface area contributed by atoms with E-state index < -0.39 is 11.9 Å². The van der Waals surface area contributed by atoms with Crippen molar-refractivity contribution < 1.29 is 19.4 Å². The Morgan fingerprint density at radius 2 is 1.78 bits per heavy atom. The number of benzene rings is 1. The van der Waals surface area contributed by atoms with Gasteiger partial charge in [-0.1, -0.05) is 44.7 Å². The monoisotopic (exact) mass is 318 g/mol. The zero-order valence-corrected chi connectivity index (χ0v) is 14.0. The molecule has 23 heavy (non-hydrogen) atoms. The molecule has 0 aliphatic heterocycles. The fraction of sp³-hybridized carbons (Fsp3) is 0.579. The van der Waals surface area contributed by atoms with E-state index in [0.29, 0.717) is 5.92 Å². The van der Waals surface area contributed by atoms with E-state index in [2.05, 4.69) is 6.92 Å². The highest BCUT2D eigenvalue weighted by Gasteiger charge is 2.28. The van der Waals surface area contributed by atoms with Crippen LogP contribution in [0.15, 0.2) is 24.3 Å². The Balaban J connectivity index is 1.94. The Morgan fingerprint density at radius 3 is 2.35 bits per heavy atom. The molecule has 1 saturated carbocycles. The van der Waals surface area contributed by atoms with Gasteiger partial charge < -0.3 is 9.84 Å². The normalized spacial score (nSPS) is 22.3. The molecule has 126 valence electrons. The van der Waals surface area contributed by atoms with Gasteiger partial charge in [0.05, 0.1) is 11.1 Å². The maximum Gasteiger partial charge on any atom is 0.339 e. The quantitative estimate of drug-likeness (QED) is 0.782. The predicted octanol–water partition coefficient (Wildman–Crippen LogP) is 4.54. The first-order valence-corrected chi connectivity index (χ1v) is 8.56. The lowest BCUT2D eigenvalue weighted by molar-refractivity contribution is 0.0109. The molecule has 0 amide bonds. The van der Waals surface area contributed by atoms with E-state index in [4.69, 9.17) is 9.84 Å². The van der Waals surface area contributed by atoms with Crippen LogP contribution >= 0.6 is 0 Å². The predicted molar refractivity (Wildman–Crippen MR) is 88.6 cm³/mol. The lowest BCUT2D eigenvalue weighted by Crippen LogP contribution is -2.28. The second-order valence-electron chi connectivity index (χ2n) is 6.53. The fourth-order valence-corrected chi connectivity index (χ4v) is 3.53. The molecule has 4 nitrogen and oxygen atoms in total. The molecular formula is C19H26O4. The first-order valence-electron chi connectivity index (χ1n) is 8.56. The standard InChI is InChI=1S/C19H26O4/c1-3-6-14-9-11-15(12-10-14)13(2)23-19(22)17-8-5-4-7-16(17)18(20)21/h4-5,7-8,13-15H,3,6,9-12H2,1-2H3,(H,20,21)/t13-,14?,15?/m0/s1. The van der Waals surface area contributed by atoms with Crippen LogP contribution in [0.2, 0.25) is 0 Å². The smallest absolute Gasteiger partial charge is 0.339 e. The van der Waals surface area contributed by atoms with Crippen molar-refractivity contribution in [3.05, 3.63) is 35.4 Å². The average molecular weight is 318 g/mol. The molecule has 0 spiro atoms. The number of ether oxygens (including phenoxy) is 1. The number of esters is 1. The maximum absolute atomic E-state index is 12.3. The van der Waals surface area contributed by atoms with Crippen molar-refractivity contribution in [2.24, 2.45) is 11.8 Å². The van der Waals surface area contributed by atoms with E-state index >= 15 is 0 Å². The molecule has 1 aliphatic carbocycles. The third-order valence-corrected chi connectivity index (χ3v) is 4.92. The molecule has 0 saturated heterocycles. The highest BCUT2D eigenvalue weighted by molar-refractivity contribution is 6.02. The highest BCUT2D eigenvalue weighted by Crippen LogP contribution is 2.34. The van der Waals surface area contributed by atoms with Crippen LogP contribution in [-0.4, -0.2) is 23.1 Å². The lowest BCUT2D eigenvalue weighted by Gasteiger charge is -2.31. The Labute approximate surface area is 137 Å². The molecule has 4 heteroatoms. The van der Waals surface area contributed by atoms with Crippen molar-refractivity contribution in [1.82, 2.24) is 0 Å². The summed E-state index contributed by atoms with van der Waals surface area (Å²) in [6, 6.07) is 6.21. The second kappa shape index (κ2) is 8.14. The van der Waals surface area contributed by atoms with E-state index in [-0.39, 0.29) is 17.2 Å². The number of rotatable bonds is 6. The van der Waals surface area contributed by atoms with Gasteiger partial charge in [-0.15, -0.1) is 0 Å². The van der Waals surface area contributed by atoms with Gasteiger partial charge in [-0.05, 0) is 43.7 Å². The highest BCUT2D eigenvalue weighted by atomic mass is 16.5. The number of aromatic carboxylic acids is 1. The van der Waals surface area contributed by atoms with Gasteiger partial charge in [0.15, 0.2) is 0 Å². The fourth-order valence-electron chi connectivity index (χ4n) is 3.53. The number of carbonyl (C=O) groups is 2. The molecular weight excluding hydrogens is 292 g/mol. The van der Waals surface area contributed by atoms with Crippen LogP contribution in [0.5, 0.6) is 0 Å². The molecule has 2 rings (SSSR count). The number of hydrogen-bond acceptors (Lipinski definition) is 3. The van der Waals surface area contributed by atoms with Gasteiger partial charge in [-0.25, -0.2) is 9.59 Å². The summed E-state index contributed by atoms with van der Waals surface area (Å²) in [6.07, 6.45) is 6.91. The third-order valence-electron chi connectivity index (χ3n) is 4.92. The largest absolute Gasteiger partial charge is 0.478 e. The molecule has 1 N–H and O–H groups in total. The molecule has 1 aromatic rings. The van der Waals surface area contributed by atoms with Gasteiger partial charge in [0, 0.05) is 0 Å². The summed E-state index contributed by atoms with van der Waals surface area (Å²) in [4.78, 5) is 23.5. The molecule has 0 heterocycles. The van der Waals surface area contributed by atoms with Crippen LogP contribution in [0.4, 0.5) is 0 Å². The van der Waals surface area contributed by atoms with Crippen molar-refractivity contribution in [2.45, 2.75) is 58.5 Å². The van der Waals surface area contributed by atoms with Crippen LogP contribution in [0.25, 0.3) is 0 Å². The summed E-state index contributed by atoms with van der Waals surface area (Å²) in [5.41, 5.74) is 0.128. The summed E-state index contributed by atoms with van der Waals surface area (Å²) >= 11 is 0. The minimum Gasteiger partial charge on any atom is -0.478 e. The van der Waals surface area contributed by atoms with Gasteiger partial charge in [0.1, 0.15) is 6.10 Å². The van der Waals surface area contributed by atoms with Crippen molar-refractivity contribution in [3.8, 4) is 0 Å². The molecule has 0 radical (unpaired) electrons. The van der Waals surface area contributed by atoms with E-state index in [9.17, 15) is 9.59 Å². The summed E-state index contributed by atoms with van der Waals surface area (Å²) in [7, 11) is 0.